The summed E-state index contributed by atoms with van der Waals surface area (Å²) in [5, 5.41) is 18.5. The maximum Gasteiger partial charge on any atom is 0.296 e. The highest BCUT2D eigenvalue weighted by molar-refractivity contribution is 6.33. The second-order valence-corrected chi connectivity index (χ2v) is 5.44. The van der Waals surface area contributed by atoms with E-state index < -0.39 is 5.91 Å². The molecule has 0 atom stereocenters. The van der Waals surface area contributed by atoms with Gasteiger partial charge < -0.3 is 5.11 Å². The second kappa shape index (κ2) is 6.25. The molecule has 120 valence electrons. The average molecular weight is 342 g/mol. The van der Waals surface area contributed by atoms with Crippen molar-refractivity contribution in [2.75, 3.05) is 0 Å². The number of aromatic hydroxyl groups is 1. The van der Waals surface area contributed by atoms with Crippen LogP contribution >= 0.6 is 11.6 Å². The Hall–Kier alpha value is -2.99. The van der Waals surface area contributed by atoms with E-state index in [0.29, 0.717) is 10.9 Å². The van der Waals surface area contributed by atoms with Crippen molar-refractivity contribution >= 4 is 40.0 Å². The van der Waals surface area contributed by atoms with Crippen LogP contribution in [0.4, 0.5) is 5.69 Å². The van der Waals surface area contributed by atoms with Crippen LogP contribution in [-0.2, 0) is 0 Å². The Morgan fingerprint density at radius 3 is 2.46 bits per heavy atom. The molecule has 0 radical (unpaired) electrons. The molecule has 3 aromatic rings. The molecule has 3 rings (SSSR count). The maximum absolute atomic E-state index is 12.1. The highest BCUT2D eigenvalue weighted by Gasteiger charge is 2.19. The van der Waals surface area contributed by atoms with Gasteiger partial charge in [-0.3, -0.25) is 9.59 Å². The molecule has 24 heavy (non-hydrogen) atoms. The number of hydrogen-bond donors (Lipinski definition) is 1. The minimum absolute atomic E-state index is 0.0567. The van der Waals surface area contributed by atoms with Crippen LogP contribution < -0.4 is 0 Å². The summed E-state index contributed by atoms with van der Waals surface area (Å²) in [5.74, 6) is -1.37. The Morgan fingerprint density at radius 1 is 1.08 bits per heavy atom. The third kappa shape index (κ3) is 2.68. The van der Waals surface area contributed by atoms with Crippen molar-refractivity contribution in [3.05, 3.63) is 59.1 Å². The normalized spacial score (nSPS) is 11.2. The van der Waals surface area contributed by atoms with Gasteiger partial charge in [0.1, 0.15) is 0 Å². The minimum atomic E-state index is -0.639. The molecule has 0 aliphatic heterocycles. The minimum Gasteiger partial charge on any atom is -0.493 e. The van der Waals surface area contributed by atoms with Gasteiger partial charge in [-0.05, 0) is 18.2 Å². The van der Waals surface area contributed by atoms with Gasteiger partial charge in [0.15, 0.2) is 5.69 Å². The van der Waals surface area contributed by atoms with Crippen LogP contribution in [0.15, 0.2) is 58.8 Å². The Labute approximate surface area is 142 Å². The number of para-hydroxylation sites is 1. The van der Waals surface area contributed by atoms with Gasteiger partial charge in [0.2, 0.25) is 11.8 Å². The van der Waals surface area contributed by atoms with Crippen LogP contribution in [0, 0.1) is 0 Å². The van der Waals surface area contributed by atoms with Crippen LogP contribution in [0.2, 0.25) is 5.02 Å². The van der Waals surface area contributed by atoms with E-state index in [-0.39, 0.29) is 28.1 Å². The van der Waals surface area contributed by atoms with Gasteiger partial charge in [0.25, 0.3) is 5.91 Å². The van der Waals surface area contributed by atoms with Gasteiger partial charge in [-0.25, -0.2) is 4.57 Å². The zero-order valence-electron chi connectivity index (χ0n) is 12.6. The molecule has 2 aromatic carbocycles. The molecular weight excluding hydrogens is 330 g/mol. The monoisotopic (exact) mass is 341 g/mol. The zero-order valence-corrected chi connectivity index (χ0v) is 13.4. The van der Waals surface area contributed by atoms with Gasteiger partial charge in [-0.1, -0.05) is 41.9 Å². The fourth-order valence-electron chi connectivity index (χ4n) is 2.41. The highest BCUT2D eigenvalue weighted by Crippen LogP contribution is 2.38. The molecule has 0 saturated heterocycles. The molecule has 0 unspecified atom stereocenters. The van der Waals surface area contributed by atoms with E-state index in [0.717, 1.165) is 4.57 Å². The Kier molecular flexibility index (Phi) is 4.14. The first-order valence-electron chi connectivity index (χ1n) is 7.04. The van der Waals surface area contributed by atoms with Crippen LogP contribution in [0.25, 0.3) is 10.9 Å². The van der Waals surface area contributed by atoms with E-state index in [1.54, 1.807) is 42.5 Å². The van der Waals surface area contributed by atoms with Crippen molar-refractivity contribution in [3.8, 4) is 5.88 Å². The summed E-state index contributed by atoms with van der Waals surface area (Å²) in [5.41, 5.74) is 0.751. The maximum atomic E-state index is 12.1. The lowest BCUT2D eigenvalue weighted by atomic mass is 10.2. The lowest BCUT2D eigenvalue weighted by molar-refractivity contribution is 0.0932. The van der Waals surface area contributed by atoms with Gasteiger partial charge in [-0.15, -0.1) is 10.2 Å². The van der Waals surface area contributed by atoms with Crippen molar-refractivity contribution in [3.63, 3.8) is 0 Å². The Bertz CT molecular complexity index is 992. The molecule has 0 saturated carbocycles. The third-order valence-electron chi connectivity index (χ3n) is 3.48. The van der Waals surface area contributed by atoms with Gasteiger partial charge in [0.05, 0.1) is 16.1 Å². The number of benzene rings is 2. The molecule has 7 heteroatoms. The fraction of sp³-hybridized carbons (Fsp3) is 0.0588. The van der Waals surface area contributed by atoms with E-state index in [4.69, 9.17) is 11.6 Å². The summed E-state index contributed by atoms with van der Waals surface area (Å²) >= 11 is 5.95. The number of rotatable bonds is 2. The lowest BCUT2D eigenvalue weighted by Gasteiger charge is -1.99. The third-order valence-corrected chi connectivity index (χ3v) is 3.81. The molecule has 0 aliphatic rings. The van der Waals surface area contributed by atoms with E-state index in [2.05, 4.69) is 10.2 Å². The predicted molar refractivity (Wildman–Crippen MR) is 90.2 cm³/mol. The summed E-state index contributed by atoms with van der Waals surface area (Å²) in [4.78, 5) is 23.9. The molecule has 1 amide bonds. The summed E-state index contributed by atoms with van der Waals surface area (Å²) in [6.07, 6.45) is 0. The van der Waals surface area contributed by atoms with E-state index in [1.165, 1.54) is 13.0 Å². The first kappa shape index (κ1) is 15.9. The van der Waals surface area contributed by atoms with Crippen LogP contribution in [0.3, 0.4) is 0 Å². The molecular formula is C17H12ClN3O3. The largest absolute Gasteiger partial charge is 0.493 e. The summed E-state index contributed by atoms with van der Waals surface area (Å²) in [6.45, 7) is 1.32. The molecule has 0 spiro atoms. The van der Waals surface area contributed by atoms with Crippen molar-refractivity contribution in [1.82, 2.24) is 4.57 Å². The number of aromatic nitrogens is 1. The number of amides is 1. The summed E-state index contributed by atoms with van der Waals surface area (Å²) < 4.78 is 1.11. The molecule has 1 heterocycles. The molecule has 1 aromatic heterocycles. The van der Waals surface area contributed by atoms with Crippen molar-refractivity contribution in [2.24, 2.45) is 10.2 Å². The second-order valence-electron chi connectivity index (χ2n) is 5.03. The van der Waals surface area contributed by atoms with Crippen LogP contribution in [0.1, 0.15) is 22.1 Å². The number of hydrogen-bond acceptors (Lipinski definition) is 4. The lowest BCUT2D eigenvalue weighted by Crippen LogP contribution is -2.03. The molecule has 0 fully saturated rings. The number of azo groups is 1. The molecule has 0 bridgehead atoms. The molecule has 1 N–H and O–H groups in total. The molecule has 6 nitrogen and oxygen atoms in total. The SMILES string of the molecule is CC(=O)n1c(O)c(N=NC(=O)c2ccccc2Cl)c2ccccc21. The van der Waals surface area contributed by atoms with Gasteiger partial charge in [0, 0.05) is 12.3 Å². The quantitative estimate of drug-likeness (QED) is 0.692. The van der Waals surface area contributed by atoms with Gasteiger partial charge in [-0.2, -0.15) is 0 Å². The van der Waals surface area contributed by atoms with Gasteiger partial charge >= 0.3 is 0 Å². The summed E-state index contributed by atoms with van der Waals surface area (Å²) in [6, 6.07) is 13.3. The smallest absolute Gasteiger partial charge is 0.296 e. The van der Waals surface area contributed by atoms with E-state index >= 15 is 0 Å². The van der Waals surface area contributed by atoms with Crippen molar-refractivity contribution < 1.29 is 14.7 Å². The number of carbonyl (C=O) groups excluding carboxylic acids is 2. The topological polar surface area (TPSA) is 84.0 Å². The van der Waals surface area contributed by atoms with Crippen molar-refractivity contribution in [1.29, 1.82) is 0 Å². The standard InChI is InChI=1S/C17H12ClN3O3/c1-10(22)21-14-9-5-3-7-12(14)15(17(21)24)19-20-16(23)11-6-2-4-8-13(11)18/h2-9,24H,1H3. The summed E-state index contributed by atoms with van der Waals surface area (Å²) in [7, 11) is 0. The Morgan fingerprint density at radius 2 is 1.75 bits per heavy atom. The first-order chi connectivity index (χ1) is 11.5. The van der Waals surface area contributed by atoms with Crippen LogP contribution in [0.5, 0.6) is 5.88 Å². The van der Waals surface area contributed by atoms with Crippen molar-refractivity contribution in [2.45, 2.75) is 6.92 Å². The number of nitrogens with zero attached hydrogens (tertiary/aromatic N) is 3. The number of carbonyl (C=O) groups is 2. The first-order valence-corrected chi connectivity index (χ1v) is 7.42. The molecule has 0 aliphatic carbocycles. The van der Waals surface area contributed by atoms with Crippen LogP contribution in [-0.4, -0.2) is 21.5 Å². The van der Waals surface area contributed by atoms with E-state index in [9.17, 15) is 14.7 Å². The Balaban J connectivity index is 2.08. The fourth-order valence-corrected chi connectivity index (χ4v) is 2.63. The zero-order chi connectivity index (χ0) is 17.3. The van der Waals surface area contributed by atoms with E-state index in [1.807, 2.05) is 0 Å². The number of halogens is 1. The highest BCUT2D eigenvalue weighted by atomic mass is 35.5. The average Bonchev–Trinajstić information content (AvgIpc) is 2.84. The predicted octanol–water partition coefficient (Wildman–Crippen LogP) is 4.58. The number of fused-ring (bicyclic) bond motifs is 1.